The van der Waals surface area contributed by atoms with Crippen molar-refractivity contribution in [2.24, 2.45) is 29.0 Å². The van der Waals surface area contributed by atoms with Crippen molar-refractivity contribution in [3.05, 3.63) is 65.9 Å². The molecule has 2 heterocycles. The van der Waals surface area contributed by atoms with E-state index in [9.17, 15) is 58.2 Å². The molecule has 23 heteroatoms. The van der Waals surface area contributed by atoms with Crippen LogP contribution >= 0.6 is 0 Å². The molecule has 9 amide bonds. The summed E-state index contributed by atoms with van der Waals surface area (Å²) in [4.78, 5) is 139. The smallest absolute Gasteiger partial charge is 0.305 e. The summed E-state index contributed by atoms with van der Waals surface area (Å²) in [6.07, 6.45) is 0.834. The largest absolute Gasteiger partial charge is 0.508 e. The van der Waals surface area contributed by atoms with Crippen molar-refractivity contribution in [2.45, 2.75) is 147 Å². The minimum Gasteiger partial charge on any atom is -0.508 e. The number of H-pyrrole nitrogens is 1. The van der Waals surface area contributed by atoms with Gasteiger partial charge in [0.2, 0.25) is 53.2 Å². The van der Waals surface area contributed by atoms with Gasteiger partial charge in [0, 0.05) is 42.9 Å². The van der Waals surface area contributed by atoms with Crippen molar-refractivity contribution in [3.63, 3.8) is 0 Å². The van der Waals surface area contributed by atoms with Gasteiger partial charge in [0.05, 0.1) is 12.0 Å². The molecule has 3 aromatic rings. The predicted octanol–water partition coefficient (Wildman–Crippen LogP) is -0.386. The van der Waals surface area contributed by atoms with Crippen LogP contribution in [-0.4, -0.2) is 134 Å². The normalized spacial score (nSPS) is 16.4. The summed E-state index contributed by atoms with van der Waals surface area (Å²) in [7, 11) is 0. The number of benzene rings is 2. The second kappa shape index (κ2) is 26.2. The molecule has 23 nitrogen and oxygen atoms in total. The average Bonchev–Trinajstić information content (AvgIpc) is 3.98. The summed E-state index contributed by atoms with van der Waals surface area (Å²) in [5.41, 5.74) is 17.2. The number of phenolic OH excluding ortho intramolecular Hbond substituents is 1. The predicted molar refractivity (Wildman–Crippen MR) is 267 cm³/mol. The van der Waals surface area contributed by atoms with Crippen LogP contribution in [0.25, 0.3) is 10.9 Å². The topological polar surface area (TPSA) is 380 Å². The standard InChI is InChI=1S/C50H71N11O12/c1-7-27(4)41(47(71)58-37(22-28-14-16-30(62)17-15-28)48(72)61-20-10-13-38(61)46(70)56-34(42(52)66)21-26(2)3)60-43(67)33(18-19-39(51)63)55-44(68)35(23-29-25-54-32-12-9-8-11-31(29)32)57-45(69)36(24-40(64)65)59-49(73)50(5,6)53/h8-9,11-12,14-17,25-27,33-38,41,54,62H,7,10,13,18-24,53H2,1-6H3,(H2,51,63)(H2,52,66)(H,55,68)(H,56,70)(H,57,69)(H,58,71)(H,59,73)(H,60,67)(H,64,65)/t27-,33-,34-,35-,36-,37-,38-,41-/m0/s1. The van der Waals surface area contributed by atoms with E-state index in [-0.39, 0.29) is 50.3 Å². The zero-order chi connectivity index (χ0) is 54.3. The number of para-hydroxylation sites is 1. The van der Waals surface area contributed by atoms with Crippen LogP contribution in [0.5, 0.6) is 5.75 Å². The quantitative estimate of drug-likeness (QED) is 0.0464. The minimum absolute atomic E-state index is 0.00912. The van der Waals surface area contributed by atoms with Crippen molar-refractivity contribution < 1.29 is 58.2 Å². The fraction of sp³-hybridized carbons (Fsp3) is 0.520. The third-order valence-electron chi connectivity index (χ3n) is 12.6. The number of aromatic amines is 1. The number of aromatic hydroxyl groups is 1. The third-order valence-corrected chi connectivity index (χ3v) is 12.6. The molecule has 2 aromatic carbocycles. The number of carbonyl (C=O) groups is 10. The number of carbonyl (C=O) groups excluding carboxylic acids is 9. The molecule has 0 unspecified atom stereocenters. The summed E-state index contributed by atoms with van der Waals surface area (Å²) in [6.45, 7) is 9.97. The van der Waals surface area contributed by atoms with E-state index in [2.05, 4.69) is 36.9 Å². The number of amides is 9. The minimum atomic E-state index is -1.70. The van der Waals surface area contributed by atoms with E-state index in [1.165, 1.54) is 30.9 Å². The summed E-state index contributed by atoms with van der Waals surface area (Å²) in [6, 6.07) is 3.45. The lowest BCUT2D eigenvalue weighted by molar-refractivity contribution is -0.142. The molecule has 1 fully saturated rings. The molecular weight excluding hydrogens is 947 g/mol. The summed E-state index contributed by atoms with van der Waals surface area (Å²) in [5.74, 6) is -9.57. The lowest BCUT2D eigenvalue weighted by Gasteiger charge is -2.32. The Bertz CT molecular complexity index is 2490. The Morgan fingerprint density at radius 3 is 1.99 bits per heavy atom. The van der Waals surface area contributed by atoms with Crippen molar-refractivity contribution in [3.8, 4) is 5.75 Å². The van der Waals surface area contributed by atoms with E-state index >= 15 is 0 Å². The number of carboxylic acids is 1. The second-order valence-corrected chi connectivity index (χ2v) is 19.6. The number of primary amides is 2. The first-order chi connectivity index (χ1) is 34.3. The molecule has 1 aliphatic heterocycles. The number of carboxylic acid groups (broad SMARTS) is 1. The zero-order valence-electron chi connectivity index (χ0n) is 42.1. The molecule has 1 aliphatic rings. The molecule has 1 aromatic heterocycles. The number of fused-ring (bicyclic) bond motifs is 1. The van der Waals surface area contributed by atoms with Gasteiger partial charge in [0.1, 0.15) is 48.0 Å². The molecule has 73 heavy (non-hydrogen) atoms. The van der Waals surface area contributed by atoms with Gasteiger partial charge in [-0.05, 0) is 80.7 Å². The van der Waals surface area contributed by atoms with E-state index in [0.29, 0.717) is 34.9 Å². The van der Waals surface area contributed by atoms with Gasteiger partial charge in [-0.25, -0.2) is 0 Å². The summed E-state index contributed by atoms with van der Waals surface area (Å²) < 4.78 is 0. The highest BCUT2D eigenvalue weighted by atomic mass is 16.4. The molecule has 8 atom stereocenters. The van der Waals surface area contributed by atoms with Gasteiger partial charge >= 0.3 is 5.97 Å². The second-order valence-electron chi connectivity index (χ2n) is 19.6. The van der Waals surface area contributed by atoms with E-state index in [0.717, 1.165) is 0 Å². The number of phenols is 1. The Balaban J connectivity index is 1.66. The maximum atomic E-state index is 14.6. The highest BCUT2D eigenvalue weighted by Crippen LogP contribution is 2.23. The number of nitrogens with two attached hydrogens (primary N) is 3. The molecule has 0 bridgehead atoms. The van der Waals surface area contributed by atoms with Crippen LogP contribution in [0.4, 0.5) is 0 Å². The first-order valence-electron chi connectivity index (χ1n) is 24.3. The molecule has 15 N–H and O–H groups in total. The first kappa shape index (κ1) is 58.0. The first-order valence-corrected chi connectivity index (χ1v) is 24.3. The molecule has 0 aliphatic carbocycles. The summed E-state index contributed by atoms with van der Waals surface area (Å²) in [5, 5.41) is 35.9. The van der Waals surface area contributed by atoms with Crippen molar-refractivity contribution in [1.29, 1.82) is 0 Å². The fourth-order valence-corrected chi connectivity index (χ4v) is 8.33. The number of hydrogen-bond donors (Lipinski definition) is 12. The zero-order valence-corrected chi connectivity index (χ0v) is 42.1. The molecule has 0 spiro atoms. The Morgan fingerprint density at radius 1 is 0.767 bits per heavy atom. The van der Waals surface area contributed by atoms with Gasteiger partial charge in [-0.15, -0.1) is 0 Å². The number of aromatic nitrogens is 1. The van der Waals surface area contributed by atoms with Gasteiger partial charge in [-0.3, -0.25) is 47.9 Å². The Kier molecular flexibility index (Phi) is 20.8. The van der Waals surface area contributed by atoms with Crippen LogP contribution in [0, 0.1) is 11.8 Å². The van der Waals surface area contributed by atoms with Crippen LogP contribution in [0.1, 0.15) is 97.6 Å². The Morgan fingerprint density at radius 2 is 1.38 bits per heavy atom. The molecular formula is C50H71N11O12. The van der Waals surface area contributed by atoms with Gasteiger partial charge in [0.25, 0.3) is 0 Å². The van der Waals surface area contributed by atoms with E-state index < -0.39 is 126 Å². The van der Waals surface area contributed by atoms with Gasteiger partial charge < -0.3 is 69.2 Å². The number of rotatable bonds is 27. The average molecular weight is 1020 g/mol. The Labute approximate surface area is 423 Å². The number of likely N-dealkylation sites (tertiary alicyclic amines) is 1. The summed E-state index contributed by atoms with van der Waals surface area (Å²) >= 11 is 0. The van der Waals surface area contributed by atoms with Crippen molar-refractivity contribution in [2.75, 3.05) is 6.54 Å². The van der Waals surface area contributed by atoms with Gasteiger partial charge in [-0.2, -0.15) is 0 Å². The molecule has 4 rings (SSSR count). The lowest BCUT2D eigenvalue weighted by Crippen LogP contribution is -2.62. The maximum absolute atomic E-state index is 14.6. The fourth-order valence-electron chi connectivity index (χ4n) is 8.33. The van der Waals surface area contributed by atoms with Crippen LogP contribution < -0.4 is 49.1 Å². The van der Waals surface area contributed by atoms with Crippen LogP contribution in [0.15, 0.2) is 54.7 Å². The Hall–Kier alpha value is -7.56. The lowest BCUT2D eigenvalue weighted by atomic mass is 9.96. The molecule has 0 saturated carbocycles. The SMILES string of the molecule is CC[C@H](C)[C@H](NC(=O)[C@H](CCC(N)=O)NC(=O)[C@H](Cc1c[nH]c2ccccc12)NC(=O)[C@H](CC(=O)O)NC(=O)C(C)(C)N)C(=O)N[C@@H](Cc1ccc(O)cc1)C(=O)N1CCC[C@H]1C(=O)N[C@@H](CC(C)C)C(N)=O. The monoisotopic (exact) mass is 1020 g/mol. The van der Waals surface area contributed by atoms with Crippen LogP contribution in [0.2, 0.25) is 0 Å². The number of hydrogen-bond acceptors (Lipinski definition) is 12. The van der Waals surface area contributed by atoms with Crippen LogP contribution in [0.3, 0.4) is 0 Å². The van der Waals surface area contributed by atoms with Crippen molar-refractivity contribution in [1.82, 2.24) is 41.8 Å². The third kappa shape index (κ3) is 17.0. The molecule has 1 saturated heterocycles. The maximum Gasteiger partial charge on any atom is 0.305 e. The van der Waals surface area contributed by atoms with E-state index in [1.807, 2.05) is 13.8 Å². The van der Waals surface area contributed by atoms with E-state index in [4.69, 9.17) is 17.2 Å². The van der Waals surface area contributed by atoms with Gasteiger partial charge in [0.15, 0.2) is 0 Å². The highest BCUT2D eigenvalue weighted by molar-refractivity contribution is 5.99. The molecule has 0 radical (unpaired) electrons. The van der Waals surface area contributed by atoms with Crippen molar-refractivity contribution >= 4 is 70.0 Å². The van der Waals surface area contributed by atoms with Gasteiger partial charge in [-0.1, -0.05) is 64.4 Å². The number of aliphatic carboxylic acids is 1. The number of nitrogens with zero attached hydrogens (tertiary/aromatic N) is 1. The molecule has 398 valence electrons. The van der Waals surface area contributed by atoms with E-state index in [1.54, 1.807) is 56.4 Å². The van der Waals surface area contributed by atoms with Crippen LogP contribution in [-0.2, 0) is 60.8 Å². The number of nitrogens with one attached hydrogen (secondary N) is 7. The highest BCUT2D eigenvalue weighted by Gasteiger charge is 2.41.